The highest BCUT2D eigenvalue weighted by molar-refractivity contribution is 9.10. The van der Waals surface area contributed by atoms with Crippen LogP contribution in [0.25, 0.3) is 0 Å². The molecule has 1 heterocycles. The average Bonchev–Trinajstić information content (AvgIpc) is 2.93. The van der Waals surface area contributed by atoms with Gasteiger partial charge in [0.2, 0.25) is 0 Å². The molecule has 0 fully saturated rings. The van der Waals surface area contributed by atoms with Crippen molar-refractivity contribution < 1.29 is 14.3 Å². The van der Waals surface area contributed by atoms with Gasteiger partial charge in [-0.2, -0.15) is 0 Å². The van der Waals surface area contributed by atoms with Crippen LogP contribution in [0.1, 0.15) is 35.9 Å². The monoisotopic (exact) mass is 397 g/mol. The van der Waals surface area contributed by atoms with Crippen molar-refractivity contribution in [2.75, 3.05) is 13.2 Å². The maximum atomic E-state index is 10.6. The Morgan fingerprint density at radius 2 is 2.13 bits per heavy atom. The maximum absolute atomic E-state index is 10.6. The number of aromatic nitrogens is 1. The first-order chi connectivity index (χ1) is 11.0. The van der Waals surface area contributed by atoms with Gasteiger partial charge in [-0.25, -0.2) is 4.98 Å². The third-order valence-corrected chi connectivity index (χ3v) is 5.02. The van der Waals surface area contributed by atoms with Gasteiger partial charge in [0.15, 0.2) is 0 Å². The lowest BCUT2D eigenvalue weighted by Gasteiger charge is -2.17. The SMILES string of the molecule is Cc1ncsc1C(COC=O)c1ccc(OCC(C)C)c(Br)c1. The third-order valence-electron chi connectivity index (χ3n) is 3.36. The van der Waals surface area contributed by atoms with E-state index in [-0.39, 0.29) is 5.92 Å². The first kappa shape index (κ1) is 17.9. The van der Waals surface area contributed by atoms with Gasteiger partial charge in [-0.3, -0.25) is 4.79 Å². The summed E-state index contributed by atoms with van der Waals surface area (Å²) < 4.78 is 11.7. The lowest BCUT2D eigenvalue weighted by Crippen LogP contribution is -2.10. The molecule has 0 saturated carbocycles. The third kappa shape index (κ3) is 4.78. The van der Waals surface area contributed by atoms with Gasteiger partial charge in [-0.15, -0.1) is 11.3 Å². The highest BCUT2D eigenvalue weighted by Crippen LogP contribution is 2.35. The number of benzene rings is 1. The van der Waals surface area contributed by atoms with Crippen molar-refractivity contribution in [1.29, 1.82) is 0 Å². The van der Waals surface area contributed by atoms with Crippen LogP contribution in [-0.2, 0) is 9.53 Å². The largest absolute Gasteiger partial charge is 0.492 e. The van der Waals surface area contributed by atoms with Crippen LogP contribution in [-0.4, -0.2) is 24.7 Å². The van der Waals surface area contributed by atoms with E-state index in [1.807, 2.05) is 30.6 Å². The molecule has 1 unspecified atom stereocenters. The Morgan fingerprint density at radius 1 is 1.35 bits per heavy atom. The maximum Gasteiger partial charge on any atom is 0.293 e. The van der Waals surface area contributed by atoms with Gasteiger partial charge in [0, 0.05) is 4.88 Å². The summed E-state index contributed by atoms with van der Waals surface area (Å²) in [5.41, 5.74) is 3.84. The van der Waals surface area contributed by atoms with Crippen LogP contribution in [0.15, 0.2) is 28.2 Å². The average molecular weight is 398 g/mol. The number of rotatable bonds is 8. The van der Waals surface area contributed by atoms with Gasteiger partial charge < -0.3 is 9.47 Å². The van der Waals surface area contributed by atoms with Gasteiger partial charge in [0.25, 0.3) is 6.47 Å². The second-order valence-electron chi connectivity index (χ2n) is 5.68. The summed E-state index contributed by atoms with van der Waals surface area (Å²) in [4.78, 5) is 16.0. The molecule has 0 saturated heterocycles. The molecule has 0 aliphatic rings. The molecule has 23 heavy (non-hydrogen) atoms. The van der Waals surface area contributed by atoms with Crippen molar-refractivity contribution in [2.24, 2.45) is 5.92 Å². The summed E-state index contributed by atoms with van der Waals surface area (Å²) in [6.45, 7) is 7.64. The molecule has 1 aromatic heterocycles. The number of hydrogen-bond acceptors (Lipinski definition) is 5. The topological polar surface area (TPSA) is 48.4 Å². The number of ether oxygens (including phenoxy) is 2. The molecule has 4 nitrogen and oxygen atoms in total. The Labute approximate surface area is 149 Å². The van der Waals surface area contributed by atoms with E-state index in [1.165, 1.54) is 0 Å². The molecular weight excluding hydrogens is 378 g/mol. The van der Waals surface area contributed by atoms with Crippen molar-refractivity contribution in [1.82, 2.24) is 4.98 Å². The molecule has 6 heteroatoms. The second kappa shape index (κ2) is 8.45. The molecule has 0 N–H and O–H groups in total. The fourth-order valence-electron chi connectivity index (χ4n) is 2.21. The summed E-state index contributed by atoms with van der Waals surface area (Å²) >= 11 is 5.14. The van der Waals surface area contributed by atoms with Gasteiger partial charge in [-0.1, -0.05) is 19.9 Å². The van der Waals surface area contributed by atoms with Crippen molar-refractivity contribution >= 4 is 33.7 Å². The van der Waals surface area contributed by atoms with Crippen LogP contribution in [0.3, 0.4) is 0 Å². The number of aryl methyl sites for hydroxylation is 1. The minimum Gasteiger partial charge on any atom is -0.492 e. The molecule has 1 aromatic carbocycles. The number of hydrogen-bond donors (Lipinski definition) is 0. The fourth-order valence-corrected chi connectivity index (χ4v) is 3.64. The zero-order valence-electron chi connectivity index (χ0n) is 13.4. The lowest BCUT2D eigenvalue weighted by molar-refractivity contribution is -0.128. The van der Waals surface area contributed by atoms with Crippen LogP contribution < -0.4 is 4.74 Å². The molecule has 0 spiro atoms. The quantitative estimate of drug-likeness (QED) is 0.612. The van der Waals surface area contributed by atoms with Gasteiger partial charge >= 0.3 is 0 Å². The Bertz CT molecular complexity index is 657. The molecule has 1 atom stereocenters. The molecule has 2 aromatic rings. The van der Waals surface area contributed by atoms with E-state index >= 15 is 0 Å². The Kier molecular flexibility index (Phi) is 6.59. The van der Waals surface area contributed by atoms with Crippen LogP contribution in [0, 0.1) is 12.8 Å². The van der Waals surface area contributed by atoms with E-state index in [2.05, 4.69) is 34.8 Å². The standard InChI is InChI=1S/C17H20BrNO3S/c1-11(2)7-22-16-5-4-13(6-15(16)18)14(8-21-10-20)17-12(3)19-9-23-17/h4-6,9-11,14H,7-8H2,1-3H3. The van der Waals surface area contributed by atoms with E-state index in [1.54, 1.807) is 11.3 Å². The number of halogens is 1. The Hall–Kier alpha value is -1.40. The zero-order chi connectivity index (χ0) is 16.8. The molecule has 0 amide bonds. The molecule has 2 rings (SSSR count). The number of carbonyl (C=O) groups excluding carboxylic acids is 1. The summed E-state index contributed by atoms with van der Waals surface area (Å²) in [7, 11) is 0. The number of thiazole rings is 1. The van der Waals surface area contributed by atoms with Crippen molar-refractivity contribution in [3.63, 3.8) is 0 Å². The van der Waals surface area contributed by atoms with Gasteiger partial charge in [0.1, 0.15) is 12.4 Å². The molecule has 0 aliphatic heterocycles. The fraction of sp³-hybridized carbons (Fsp3) is 0.412. The summed E-state index contributed by atoms with van der Waals surface area (Å²) in [6.07, 6.45) is 0. The van der Waals surface area contributed by atoms with Crippen LogP contribution in [0.2, 0.25) is 0 Å². The summed E-state index contributed by atoms with van der Waals surface area (Å²) in [5.74, 6) is 1.26. The normalized spacial score (nSPS) is 12.2. The first-order valence-corrected chi connectivity index (χ1v) is 9.07. The van der Waals surface area contributed by atoms with Gasteiger partial charge in [0.05, 0.1) is 28.2 Å². The minimum absolute atomic E-state index is 0.0249. The predicted octanol–water partition coefficient (Wildman–Crippen LogP) is 4.55. The number of carbonyl (C=O) groups is 1. The predicted molar refractivity (Wildman–Crippen MR) is 95.2 cm³/mol. The van der Waals surface area contributed by atoms with Crippen LogP contribution >= 0.6 is 27.3 Å². The molecular formula is C17H20BrNO3S. The highest BCUT2D eigenvalue weighted by Gasteiger charge is 2.20. The van der Waals surface area contributed by atoms with E-state index in [9.17, 15) is 4.79 Å². The van der Waals surface area contributed by atoms with Crippen molar-refractivity contribution in [3.05, 3.63) is 44.3 Å². The lowest BCUT2D eigenvalue weighted by atomic mass is 9.97. The molecule has 0 aliphatic carbocycles. The van der Waals surface area contributed by atoms with E-state index in [0.717, 1.165) is 26.4 Å². The smallest absolute Gasteiger partial charge is 0.293 e. The molecule has 124 valence electrons. The van der Waals surface area contributed by atoms with Gasteiger partial charge in [-0.05, 0) is 46.5 Å². The Balaban J connectivity index is 2.27. The van der Waals surface area contributed by atoms with Crippen molar-refractivity contribution in [2.45, 2.75) is 26.7 Å². The minimum atomic E-state index is -0.0249. The summed E-state index contributed by atoms with van der Waals surface area (Å²) in [6, 6.07) is 5.98. The summed E-state index contributed by atoms with van der Waals surface area (Å²) in [5, 5.41) is 0. The molecule has 0 radical (unpaired) electrons. The van der Waals surface area contributed by atoms with Crippen LogP contribution in [0.5, 0.6) is 5.75 Å². The number of nitrogens with zero attached hydrogens (tertiary/aromatic N) is 1. The zero-order valence-corrected chi connectivity index (χ0v) is 15.8. The first-order valence-electron chi connectivity index (χ1n) is 7.40. The van der Waals surface area contributed by atoms with Crippen LogP contribution in [0.4, 0.5) is 0 Å². The Morgan fingerprint density at radius 3 is 2.70 bits per heavy atom. The molecule has 0 bridgehead atoms. The van der Waals surface area contributed by atoms with E-state index in [4.69, 9.17) is 9.47 Å². The van der Waals surface area contributed by atoms with E-state index < -0.39 is 0 Å². The van der Waals surface area contributed by atoms with E-state index in [0.29, 0.717) is 25.6 Å². The van der Waals surface area contributed by atoms with Crippen molar-refractivity contribution in [3.8, 4) is 5.75 Å². The second-order valence-corrected chi connectivity index (χ2v) is 7.42. The highest BCUT2D eigenvalue weighted by atomic mass is 79.9.